The van der Waals surface area contributed by atoms with Crippen molar-refractivity contribution < 1.29 is 61.4 Å². The van der Waals surface area contributed by atoms with Crippen LogP contribution in [0.1, 0.15) is 79.5 Å². The number of carboxylic acid groups (broad SMARTS) is 1. The van der Waals surface area contributed by atoms with E-state index in [4.69, 9.17) is 14.2 Å². The van der Waals surface area contributed by atoms with Gasteiger partial charge in [-0.1, -0.05) is 81.3 Å². The van der Waals surface area contributed by atoms with E-state index in [-0.39, 0.29) is 10.5 Å². The highest BCUT2D eigenvalue weighted by Crippen LogP contribution is 2.31. The fourth-order valence-corrected chi connectivity index (χ4v) is 7.66. The predicted molar refractivity (Wildman–Crippen MR) is 243 cm³/mol. The molecule has 0 unspecified atom stereocenters. The van der Waals surface area contributed by atoms with Gasteiger partial charge in [0.1, 0.15) is 0 Å². The molecule has 0 aliphatic rings. The Morgan fingerprint density at radius 3 is 1.43 bits per heavy atom. The molecule has 0 aliphatic heterocycles. The van der Waals surface area contributed by atoms with E-state index in [0.717, 1.165) is 51.9 Å². The lowest BCUT2D eigenvalue weighted by atomic mass is 9.95. The molecule has 0 bridgehead atoms. The van der Waals surface area contributed by atoms with Crippen LogP contribution in [0.5, 0.6) is 0 Å². The Hall–Kier alpha value is -4.45. The Labute approximate surface area is 364 Å². The normalized spacial score (nSPS) is 10.8. The topological polar surface area (TPSA) is 244 Å². The zero-order valence-electron chi connectivity index (χ0n) is 36.8. The molecule has 61 heavy (non-hydrogen) atoms. The van der Waals surface area contributed by atoms with Crippen LogP contribution < -0.4 is 0 Å². The van der Waals surface area contributed by atoms with Crippen LogP contribution >= 0.6 is 0 Å². The van der Waals surface area contributed by atoms with Crippen LogP contribution in [0.25, 0.3) is 10.8 Å². The molecular formula is C43H62O14S4. The summed E-state index contributed by atoms with van der Waals surface area (Å²) in [5, 5.41) is 9.82. The molecule has 0 aliphatic carbocycles. The Morgan fingerprint density at radius 1 is 0.639 bits per heavy atom. The van der Waals surface area contributed by atoms with Crippen molar-refractivity contribution in [2.45, 2.75) is 104 Å². The molecule has 342 valence electrons. The summed E-state index contributed by atoms with van der Waals surface area (Å²) < 4.78 is 120. The summed E-state index contributed by atoms with van der Waals surface area (Å²) in [4.78, 5) is 8.60. The van der Waals surface area contributed by atoms with Crippen molar-refractivity contribution in [3.05, 3.63) is 113 Å². The first-order valence-electron chi connectivity index (χ1n) is 18.3. The highest BCUT2D eigenvalue weighted by molar-refractivity contribution is 7.91. The van der Waals surface area contributed by atoms with E-state index in [1.165, 1.54) is 24.1 Å². The number of aryl methyl sites for hydroxylation is 6. The minimum atomic E-state index is -4.77. The lowest BCUT2D eigenvalue weighted by Crippen LogP contribution is -2.16. The molecule has 0 heterocycles. The predicted octanol–water partition coefficient (Wildman–Crippen LogP) is 9.04. The van der Waals surface area contributed by atoms with Gasteiger partial charge in [-0.25, -0.2) is 12.6 Å². The number of carboxylic acids is 1. The van der Waals surface area contributed by atoms with Crippen LogP contribution in [0.15, 0.2) is 88.5 Å². The fraction of sp³-hybridized carbons (Fsp3) is 0.372. The lowest BCUT2D eigenvalue weighted by Gasteiger charge is -2.13. The van der Waals surface area contributed by atoms with Crippen molar-refractivity contribution in [2.75, 3.05) is 12.4 Å². The van der Waals surface area contributed by atoms with Crippen LogP contribution in [0.3, 0.4) is 0 Å². The monoisotopic (exact) mass is 930 g/mol. The number of hydrogen-bond acceptors (Lipinski definition) is 10. The fourth-order valence-electron chi connectivity index (χ4n) is 4.51. The standard InChI is InChI=1S/C14H16O3S.C9H12O9S3.C8H10.C4H8O2.C4H10.C2H4.C2H2/c1-8-5-6-12-10(3)11(4)14(18(15,16)17)7-13(12)9(8)2;1-7-2-3-8(6-9(7)20(12,13)14)19(10,11)5-4-18-21(15,16)17;1-7-3-5-8(2)6-4-7;1-2-3-4(5)6;1-4(2)3;2*1-2/h5-7H,1-4H3,(H,15,16,17);2-3,6H,4-5H2,1H3,(H,12,13,14)(H,15,16,17);3-6H,1-2H3;2-3H2,1H3,(H,5,6);4H,1-3H3;1-2H2;1-2H. The SMILES string of the molecule is C#C.C=C.CC(C)C.CCCC(=O)O.Cc1ccc(C)cc1.Cc1ccc(S(=O)(=O)CCOS(=O)(=O)O)cc1S(=O)(=O)O.Cc1ccc2c(C)c(C)c(S(=O)(=O)O)cc2c1C. The molecule has 0 spiro atoms. The second kappa shape index (κ2) is 28.2. The first kappa shape index (κ1) is 60.9. The van der Waals surface area contributed by atoms with Gasteiger partial charge < -0.3 is 5.11 Å². The molecule has 4 rings (SSSR count). The molecule has 0 saturated carbocycles. The Kier molecular flexibility index (Phi) is 28.1. The van der Waals surface area contributed by atoms with E-state index in [0.29, 0.717) is 12.0 Å². The number of hydrogen-bond donors (Lipinski definition) is 4. The van der Waals surface area contributed by atoms with E-state index in [2.05, 4.69) is 89.1 Å². The van der Waals surface area contributed by atoms with Crippen LogP contribution in [0, 0.1) is 67.2 Å². The Balaban J connectivity index is -0.000000751. The minimum Gasteiger partial charge on any atom is -0.481 e. The van der Waals surface area contributed by atoms with Crippen LogP contribution in [0.2, 0.25) is 0 Å². The van der Waals surface area contributed by atoms with Crippen molar-refractivity contribution in [3.63, 3.8) is 0 Å². The molecule has 4 N–H and O–H groups in total. The van der Waals surface area contributed by atoms with E-state index >= 15 is 0 Å². The molecule has 14 nitrogen and oxygen atoms in total. The van der Waals surface area contributed by atoms with Crippen molar-refractivity contribution in [1.82, 2.24) is 0 Å². The molecule has 18 heteroatoms. The first-order valence-corrected chi connectivity index (χ1v) is 24.2. The van der Waals surface area contributed by atoms with Crippen molar-refractivity contribution in [3.8, 4) is 12.8 Å². The van der Waals surface area contributed by atoms with Gasteiger partial charge in [-0.3, -0.25) is 18.5 Å². The number of aliphatic carboxylic acids is 1. The third kappa shape index (κ3) is 24.6. The summed E-state index contributed by atoms with van der Waals surface area (Å²) in [5.74, 6) is -0.682. The molecule has 0 radical (unpaired) electrons. The van der Waals surface area contributed by atoms with Crippen LogP contribution in [-0.4, -0.2) is 70.8 Å². The third-order valence-electron chi connectivity index (χ3n) is 7.74. The van der Waals surface area contributed by atoms with Gasteiger partial charge in [0.25, 0.3) is 20.2 Å². The summed E-state index contributed by atoms with van der Waals surface area (Å²) in [5.41, 5.74) is 6.45. The third-order valence-corrected chi connectivity index (χ3v) is 11.9. The molecule has 0 aromatic heterocycles. The van der Waals surface area contributed by atoms with Gasteiger partial charge >= 0.3 is 16.4 Å². The summed E-state index contributed by atoms with van der Waals surface area (Å²) in [6.07, 6.45) is 9.02. The van der Waals surface area contributed by atoms with E-state index in [1.807, 2.05) is 39.8 Å². The van der Waals surface area contributed by atoms with Gasteiger partial charge in [0, 0.05) is 6.42 Å². The van der Waals surface area contributed by atoms with Crippen LogP contribution in [-0.2, 0) is 49.5 Å². The first-order chi connectivity index (χ1) is 27.8. The molecule has 4 aromatic rings. The number of rotatable bonds is 9. The number of fused-ring (bicyclic) bond motifs is 1. The molecular weight excluding hydrogens is 869 g/mol. The summed E-state index contributed by atoms with van der Waals surface area (Å²) in [6, 6.07) is 17.1. The highest BCUT2D eigenvalue weighted by Gasteiger charge is 2.21. The van der Waals surface area contributed by atoms with Crippen molar-refractivity contribution in [2.24, 2.45) is 5.92 Å². The molecule has 0 fully saturated rings. The number of benzene rings is 4. The largest absolute Gasteiger partial charge is 0.481 e. The zero-order chi connectivity index (χ0) is 48.7. The van der Waals surface area contributed by atoms with Gasteiger partial charge in [-0.15, -0.1) is 26.0 Å². The smallest absolute Gasteiger partial charge is 0.397 e. The van der Waals surface area contributed by atoms with Gasteiger partial charge in [0.15, 0.2) is 9.84 Å². The molecule has 0 atom stereocenters. The summed E-state index contributed by atoms with van der Waals surface area (Å²) in [7, 11) is -17.6. The number of carbonyl (C=O) groups is 1. The van der Waals surface area contributed by atoms with Gasteiger partial charge in [-0.05, 0) is 118 Å². The second-order valence-electron chi connectivity index (χ2n) is 13.7. The lowest BCUT2D eigenvalue weighted by molar-refractivity contribution is -0.137. The highest BCUT2D eigenvalue weighted by atomic mass is 32.3. The Morgan fingerprint density at radius 2 is 1.07 bits per heavy atom. The minimum absolute atomic E-state index is 0.00111. The van der Waals surface area contributed by atoms with Crippen molar-refractivity contribution >= 4 is 57.2 Å². The summed E-state index contributed by atoms with van der Waals surface area (Å²) in [6.45, 7) is 26.6. The average molecular weight is 931 g/mol. The quantitative estimate of drug-likeness (QED) is 0.0695. The van der Waals surface area contributed by atoms with Crippen molar-refractivity contribution in [1.29, 1.82) is 0 Å². The number of terminal acetylenes is 1. The van der Waals surface area contributed by atoms with Gasteiger partial charge in [0.2, 0.25) is 0 Å². The maximum atomic E-state index is 11.9. The molecule has 0 amide bonds. The number of sulfone groups is 1. The second-order valence-corrected chi connectivity index (χ2v) is 19.7. The summed E-state index contributed by atoms with van der Waals surface area (Å²) >= 11 is 0. The zero-order valence-corrected chi connectivity index (χ0v) is 40.0. The van der Waals surface area contributed by atoms with E-state index in [9.17, 15) is 43.0 Å². The maximum Gasteiger partial charge on any atom is 0.397 e. The Bertz CT molecular complexity index is 2450. The average Bonchev–Trinajstić information content (AvgIpc) is 3.13. The van der Waals surface area contributed by atoms with E-state index < -0.39 is 68.6 Å². The van der Waals surface area contributed by atoms with Gasteiger partial charge in [0.05, 0.1) is 27.0 Å². The van der Waals surface area contributed by atoms with Crippen LogP contribution in [0.4, 0.5) is 0 Å². The molecule has 4 aromatic carbocycles. The molecule has 0 saturated heterocycles. The van der Waals surface area contributed by atoms with Gasteiger partial charge in [-0.2, -0.15) is 25.3 Å². The van der Waals surface area contributed by atoms with E-state index in [1.54, 1.807) is 13.0 Å². The maximum absolute atomic E-state index is 11.9.